The van der Waals surface area contributed by atoms with Gasteiger partial charge >= 0.3 is 0 Å². The maximum Gasteiger partial charge on any atom is 0.0659 e. The predicted molar refractivity (Wildman–Crippen MR) is 81.8 cm³/mol. The van der Waals surface area contributed by atoms with Gasteiger partial charge in [0, 0.05) is 24.3 Å². The van der Waals surface area contributed by atoms with Crippen LogP contribution in [0.4, 0.5) is 0 Å². The van der Waals surface area contributed by atoms with E-state index in [0.29, 0.717) is 6.04 Å². The van der Waals surface area contributed by atoms with Crippen LogP contribution in [0.25, 0.3) is 0 Å². The first-order valence-electron chi connectivity index (χ1n) is 7.56. The van der Waals surface area contributed by atoms with Gasteiger partial charge in [-0.25, -0.2) is 0 Å². The number of aryl methyl sites for hydroxylation is 2. The fourth-order valence-electron chi connectivity index (χ4n) is 2.82. The van der Waals surface area contributed by atoms with Gasteiger partial charge in [-0.15, -0.1) is 0 Å². The first-order valence-corrected chi connectivity index (χ1v) is 7.56. The molecular weight excluding hydrogens is 246 g/mol. The Balaban J connectivity index is 1.65. The summed E-state index contributed by atoms with van der Waals surface area (Å²) in [5.74, 6) is 0. The summed E-state index contributed by atoms with van der Waals surface area (Å²) in [6.45, 7) is 6.08. The van der Waals surface area contributed by atoms with Gasteiger partial charge in [-0.1, -0.05) is 32.0 Å². The highest BCUT2D eigenvalue weighted by molar-refractivity contribution is 5.35. The lowest BCUT2D eigenvalue weighted by Gasteiger charge is -2.06. The molecule has 3 nitrogen and oxygen atoms in total. The van der Waals surface area contributed by atoms with Crippen LogP contribution >= 0.6 is 0 Å². The van der Waals surface area contributed by atoms with Gasteiger partial charge in [0.1, 0.15) is 0 Å². The van der Waals surface area contributed by atoms with Crippen LogP contribution in [0.5, 0.6) is 0 Å². The van der Waals surface area contributed by atoms with E-state index in [2.05, 4.69) is 48.7 Å². The van der Waals surface area contributed by atoms with Crippen molar-refractivity contribution in [2.75, 3.05) is 0 Å². The zero-order valence-electron chi connectivity index (χ0n) is 12.4. The molecular formula is C17H23N3. The molecule has 2 aromatic rings. The first kappa shape index (κ1) is 13.4. The third-order valence-corrected chi connectivity index (χ3v) is 3.91. The molecule has 0 unspecified atom stereocenters. The fraction of sp³-hybridized carbons (Fsp3) is 0.471. The lowest BCUT2D eigenvalue weighted by Crippen LogP contribution is -2.21. The number of benzene rings is 1. The molecule has 3 heteroatoms. The van der Waals surface area contributed by atoms with Crippen molar-refractivity contribution in [1.82, 2.24) is 15.1 Å². The lowest BCUT2D eigenvalue weighted by atomic mass is 10.1. The van der Waals surface area contributed by atoms with E-state index >= 15 is 0 Å². The molecule has 1 heterocycles. The monoisotopic (exact) mass is 269 g/mol. The number of rotatable bonds is 5. The molecule has 20 heavy (non-hydrogen) atoms. The van der Waals surface area contributed by atoms with E-state index in [1.165, 1.54) is 41.5 Å². The predicted octanol–water partition coefficient (Wildman–Crippen LogP) is 2.92. The highest BCUT2D eigenvalue weighted by atomic mass is 15.3. The van der Waals surface area contributed by atoms with Gasteiger partial charge in [-0.05, 0) is 36.0 Å². The molecule has 0 saturated heterocycles. The van der Waals surface area contributed by atoms with Crippen molar-refractivity contribution in [3.05, 3.63) is 52.8 Å². The standard InChI is InChI=1S/C17H23N3/c1-13(2)18-9-15-10-19-20(12-15)11-14-6-7-16-4-3-5-17(16)8-14/h6-8,10,12-13,18H,3-5,9,11H2,1-2H3. The Morgan fingerprint density at radius 2 is 2.05 bits per heavy atom. The Labute approximate surface area is 121 Å². The quantitative estimate of drug-likeness (QED) is 0.904. The molecule has 1 N–H and O–H groups in total. The van der Waals surface area contributed by atoms with Crippen LogP contribution in [-0.4, -0.2) is 15.8 Å². The van der Waals surface area contributed by atoms with Gasteiger partial charge < -0.3 is 5.32 Å². The molecule has 0 aliphatic heterocycles. The number of nitrogens with zero attached hydrogens (tertiary/aromatic N) is 2. The van der Waals surface area contributed by atoms with Crippen molar-refractivity contribution >= 4 is 0 Å². The smallest absolute Gasteiger partial charge is 0.0659 e. The van der Waals surface area contributed by atoms with Crippen LogP contribution in [0.15, 0.2) is 30.6 Å². The van der Waals surface area contributed by atoms with Gasteiger partial charge in [0.2, 0.25) is 0 Å². The summed E-state index contributed by atoms with van der Waals surface area (Å²) in [6, 6.07) is 7.41. The highest BCUT2D eigenvalue weighted by Gasteiger charge is 2.11. The van der Waals surface area contributed by atoms with Crippen LogP contribution in [-0.2, 0) is 25.9 Å². The van der Waals surface area contributed by atoms with Gasteiger partial charge in [0.15, 0.2) is 0 Å². The Hall–Kier alpha value is -1.61. The minimum Gasteiger partial charge on any atom is -0.310 e. The summed E-state index contributed by atoms with van der Waals surface area (Å²) in [5, 5.41) is 7.88. The second-order valence-electron chi connectivity index (χ2n) is 6.04. The summed E-state index contributed by atoms with van der Waals surface area (Å²) < 4.78 is 2.04. The summed E-state index contributed by atoms with van der Waals surface area (Å²) in [4.78, 5) is 0. The summed E-state index contributed by atoms with van der Waals surface area (Å²) in [5.41, 5.74) is 5.68. The molecule has 0 atom stereocenters. The summed E-state index contributed by atoms with van der Waals surface area (Å²) in [7, 11) is 0. The molecule has 1 aromatic carbocycles. The fourth-order valence-corrected chi connectivity index (χ4v) is 2.82. The molecule has 3 rings (SSSR count). The van der Waals surface area contributed by atoms with E-state index < -0.39 is 0 Å². The largest absolute Gasteiger partial charge is 0.310 e. The zero-order chi connectivity index (χ0) is 13.9. The molecule has 0 radical (unpaired) electrons. The average Bonchev–Trinajstić information content (AvgIpc) is 3.04. The van der Waals surface area contributed by atoms with E-state index in [9.17, 15) is 0 Å². The van der Waals surface area contributed by atoms with E-state index in [1.54, 1.807) is 0 Å². The van der Waals surface area contributed by atoms with Crippen molar-refractivity contribution in [3.8, 4) is 0 Å². The summed E-state index contributed by atoms with van der Waals surface area (Å²) in [6.07, 6.45) is 7.91. The van der Waals surface area contributed by atoms with Crippen molar-refractivity contribution in [3.63, 3.8) is 0 Å². The topological polar surface area (TPSA) is 29.9 Å². The maximum absolute atomic E-state index is 4.46. The van der Waals surface area contributed by atoms with Crippen LogP contribution in [0.2, 0.25) is 0 Å². The van der Waals surface area contributed by atoms with Gasteiger partial charge in [-0.3, -0.25) is 4.68 Å². The molecule has 1 aliphatic rings. The van der Waals surface area contributed by atoms with Gasteiger partial charge in [0.05, 0.1) is 12.7 Å². The lowest BCUT2D eigenvalue weighted by molar-refractivity contribution is 0.588. The number of hydrogen-bond donors (Lipinski definition) is 1. The molecule has 0 spiro atoms. The number of hydrogen-bond acceptors (Lipinski definition) is 2. The first-order chi connectivity index (χ1) is 9.70. The minimum absolute atomic E-state index is 0.509. The van der Waals surface area contributed by atoms with Crippen LogP contribution in [0, 0.1) is 0 Å². The Morgan fingerprint density at radius 1 is 1.20 bits per heavy atom. The Kier molecular flexibility index (Phi) is 3.88. The molecule has 106 valence electrons. The van der Waals surface area contributed by atoms with E-state index in [0.717, 1.165) is 13.1 Å². The molecule has 0 bridgehead atoms. The van der Waals surface area contributed by atoms with Crippen molar-refractivity contribution in [2.24, 2.45) is 0 Å². The molecule has 0 amide bonds. The molecule has 0 saturated carbocycles. The molecule has 1 aromatic heterocycles. The third-order valence-electron chi connectivity index (χ3n) is 3.91. The van der Waals surface area contributed by atoms with Crippen molar-refractivity contribution in [1.29, 1.82) is 0 Å². The highest BCUT2D eigenvalue weighted by Crippen LogP contribution is 2.23. The van der Waals surface area contributed by atoms with Crippen LogP contribution in [0.1, 0.15) is 42.5 Å². The third kappa shape index (κ3) is 3.10. The van der Waals surface area contributed by atoms with E-state index in [1.807, 2.05) is 10.9 Å². The normalized spacial score (nSPS) is 13.9. The van der Waals surface area contributed by atoms with Crippen molar-refractivity contribution in [2.45, 2.75) is 52.2 Å². The average molecular weight is 269 g/mol. The second-order valence-corrected chi connectivity index (χ2v) is 6.04. The summed E-state index contributed by atoms with van der Waals surface area (Å²) >= 11 is 0. The van der Waals surface area contributed by atoms with Crippen molar-refractivity contribution < 1.29 is 0 Å². The number of aromatic nitrogens is 2. The van der Waals surface area contributed by atoms with Crippen LogP contribution < -0.4 is 5.32 Å². The Bertz CT molecular complexity index is 584. The maximum atomic E-state index is 4.46. The zero-order valence-corrected chi connectivity index (χ0v) is 12.4. The molecule has 0 fully saturated rings. The number of nitrogens with one attached hydrogen (secondary N) is 1. The van der Waals surface area contributed by atoms with Gasteiger partial charge in [0.25, 0.3) is 0 Å². The SMILES string of the molecule is CC(C)NCc1cnn(Cc2ccc3c(c2)CCC3)c1. The van der Waals surface area contributed by atoms with E-state index in [4.69, 9.17) is 0 Å². The van der Waals surface area contributed by atoms with Gasteiger partial charge in [-0.2, -0.15) is 5.10 Å². The molecule has 1 aliphatic carbocycles. The number of fused-ring (bicyclic) bond motifs is 1. The second kappa shape index (κ2) is 5.80. The van der Waals surface area contributed by atoms with Crippen LogP contribution in [0.3, 0.4) is 0 Å². The van der Waals surface area contributed by atoms with E-state index in [-0.39, 0.29) is 0 Å². The Morgan fingerprint density at radius 3 is 2.90 bits per heavy atom. The minimum atomic E-state index is 0.509.